The first-order chi connectivity index (χ1) is 23.9. The fraction of sp³-hybridized carbons (Fsp3) is 0.237. The molecule has 0 aliphatic carbocycles. The molecule has 1 aromatic heterocycles. The maximum absolute atomic E-state index is 14.6. The topological polar surface area (TPSA) is 113 Å². The summed E-state index contributed by atoms with van der Waals surface area (Å²) in [5, 5.41) is 20.7. The van der Waals surface area contributed by atoms with E-state index in [1.807, 2.05) is 67.0 Å². The van der Waals surface area contributed by atoms with Crippen molar-refractivity contribution in [3.05, 3.63) is 139 Å². The maximum Gasteiger partial charge on any atom is 0.334 e. The number of nitrogens with zero attached hydrogens (tertiary/aromatic N) is 5. The van der Waals surface area contributed by atoms with Gasteiger partial charge in [-0.15, -0.1) is 6.58 Å². The molecule has 4 heterocycles. The average molecular weight is 658 g/mol. The Morgan fingerprint density at radius 3 is 2.55 bits per heavy atom. The summed E-state index contributed by atoms with van der Waals surface area (Å²) in [5.74, 6) is -0.328. The number of nitrogens with one attached hydrogen (secondary N) is 2. The Balaban J connectivity index is 1.26. The Morgan fingerprint density at radius 2 is 1.80 bits per heavy atom. The van der Waals surface area contributed by atoms with Gasteiger partial charge < -0.3 is 30.1 Å². The number of fused-ring (bicyclic) bond motifs is 2. The number of carbonyl (C=O) groups excluding carboxylic acids is 3. The fourth-order valence-electron chi connectivity index (χ4n) is 7.02. The van der Waals surface area contributed by atoms with Gasteiger partial charge in [0.25, 0.3) is 0 Å². The minimum absolute atomic E-state index is 0.0796. The Kier molecular flexibility index (Phi) is 8.91. The van der Waals surface area contributed by atoms with Gasteiger partial charge in [0.2, 0.25) is 11.8 Å². The molecule has 3 atom stereocenters. The van der Waals surface area contributed by atoms with E-state index in [4.69, 9.17) is 0 Å². The predicted octanol–water partition coefficient (Wildman–Crippen LogP) is 4.26. The standard InChI is InChI=1S/C38H39N7O4/c1-2-20-42-26-35(47)44-32(22-27-14-16-31(46)17-15-27)37(48)41(25-34(44)45(42)38(49)40-23-28-9-4-3-5-10-28)24-30-12-8-11-29-18-21-43(36(29)30)33-13-6-7-19-39-33/h2-19,21,32-34,39,46H,1,20,22-26H2,(H,40,49)/t32-,33?,34-/m0/s1. The molecule has 0 spiro atoms. The van der Waals surface area contributed by atoms with E-state index < -0.39 is 12.2 Å². The van der Waals surface area contributed by atoms with Gasteiger partial charge in [-0.25, -0.2) is 14.8 Å². The van der Waals surface area contributed by atoms with Crippen LogP contribution in [0.2, 0.25) is 0 Å². The molecule has 2 saturated heterocycles. The zero-order valence-corrected chi connectivity index (χ0v) is 27.1. The molecule has 4 aromatic rings. The van der Waals surface area contributed by atoms with Gasteiger partial charge in [0, 0.05) is 32.3 Å². The number of phenols is 1. The minimum Gasteiger partial charge on any atom is -0.508 e. The highest BCUT2D eigenvalue weighted by molar-refractivity contribution is 5.92. The number of para-hydroxylation sites is 1. The number of dihydropyridines is 1. The Hall–Kier alpha value is -5.81. The van der Waals surface area contributed by atoms with Crippen molar-refractivity contribution in [2.45, 2.75) is 37.9 Å². The number of carbonyl (C=O) groups is 3. The number of allylic oxidation sites excluding steroid dienone is 2. The molecule has 4 amide bonds. The van der Waals surface area contributed by atoms with Crippen molar-refractivity contribution in [2.24, 2.45) is 0 Å². The summed E-state index contributed by atoms with van der Waals surface area (Å²) in [4.78, 5) is 45.9. The third kappa shape index (κ3) is 6.40. The molecule has 1 unspecified atom stereocenters. The van der Waals surface area contributed by atoms with E-state index in [0.717, 1.165) is 27.6 Å². The molecule has 0 radical (unpaired) electrons. The lowest BCUT2D eigenvalue weighted by Crippen LogP contribution is -2.76. The Morgan fingerprint density at radius 1 is 0.980 bits per heavy atom. The lowest BCUT2D eigenvalue weighted by molar-refractivity contribution is -0.189. The molecule has 0 bridgehead atoms. The molecule has 3 aromatic carbocycles. The summed E-state index contributed by atoms with van der Waals surface area (Å²) in [6, 6.07) is 23.2. The second kappa shape index (κ2) is 13.7. The molecular weight excluding hydrogens is 618 g/mol. The monoisotopic (exact) mass is 657 g/mol. The molecule has 250 valence electrons. The van der Waals surface area contributed by atoms with E-state index in [9.17, 15) is 19.5 Å². The summed E-state index contributed by atoms with van der Waals surface area (Å²) < 4.78 is 2.15. The van der Waals surface area contributed by atoms with Gasteiger partial charge in [-0.3, -0.25) is 9.59 Å². The van der Waals surface area contributed by atoms with Crippen LogP contribution in [-0.2, 0) is 29.1 Å². The molecule has 11 nitrogen and oxygen atoms in total. The zero-order chi connectivity index (χ0) is 33.9. The minimum atomic E-state index is -0.870. The quantitative estimate of drug-likeness (QED) is 0.232. The van der Waals surface area contributed by atoms with Crippen molar-refractivity contribution in [1.82, 2.24) is 35.0 Å². The molecule has 11 heteroatoms. The number of aromatic hydroxyl groups is 1. The number of benzene rings is 3. The van der Waals surface area contributed by atoms with Crippen LogP contribution < -0.4 is 10.6 Å². The van der Waals surface area contributed by atoms with Gasteiger partial charge in [0.15, 0.2) is 0 Å². The molecule has 3 aliphatic rings. The number of amides is 4. The van der Waals surface area contributed by atoms with Gasteiger partial charge in [-0.2, -0.15) is 0 Å². The molecule has 7 rings (SSSR count). The SMILES string of the molecule is C=CCN1CC(=O)N2[C@@H](Cc3ccc(O)cc3)C(=O)N(Cc3cccc4ccn(C5C=CC=CN5)c34)C[C@@H]2N1C(=O)NCc1ccccc1. The van der Waals surface area contributed by atoms with Crippen LogP contribution in [0.4, 0.5) is 4.79 Å². The zero-order valence-electron chi connectivity index (χ0n) is 27.1. The number of urea groups is 1. The predicted molar refractivity (Wildman–Crippen MR) is 186 cm³/mol. The molecule has 2 fully saturated rings. The second-order valence-corrected chi connectivity index (χ2v) is 12.4. The van der Waals surface area contributed by atoms with E-state index in [1.165, 1.54) is 0 Å². The Labute approximate surface area is 285 Å². The van der Waals surface area contributed by atoms with Gasteiger partial charge in [-0.05, 0) is 58.6 Å². The van der Waals surface area contributed by atoms with Crippen LogP contribution in [-0.4, -0.2) is 79.2 Å². The van der Waals surface area contributed by atoms with Crippen LogP contribution in [0.1, 0.15) is 22.9 Å². The lowest BCUT2D eigenvalue weighted by atomic mass is 9.98. The lowest BCUT2D eigenvalue weighted by Gasteiger charge is -2.55. The van der Waals surface area contributed by atoms with Crippen LogP contribution in [0.3, 0.4) is 0 Å². The first-order valence-electron chi connectivity index (χ1n) is 16.4. The van der Waals surface area contributed by atoms with Gasteiger partial charge in [-0.1, -0.05) is 72.8 Å². The van der Waals surface area contributed by atoms with Crippen molar-refractivity contribution in [1.29, 1.82) is 0 Å². The van der Waals surface area contributed by atoms with Gasteiger partial charge >= 0.3 is 6.03 Å². The largest absolute Gasteiger partial charge is 0.508 e. The number of rotatable bonds is 9. The molecule has 0 saturated carbocycles. The van der Waals surface area contributed by atoms with E-state index in [0.29, 0.717) is 6.54 Å². The highest BCUT2D eigenvalue weighted by Crippen LogP contribution is 2.32. The van der Waals surface area contributed by atoms with Gasteiger partial charge in [0.1, 0.15) is 24.1 Å². The van der Waals surface area contributed by atoms with E-state index in [-0.39, 0.29) is 62.4 Å². The highest BCUT2D eigenvalue weighted by atomic mass is 16.3. The van der Waals surface area contributed by atoms with Crippen LogP contribution in [0.15, 0.2) is 122 Å². The number of hydrazine groups is 1. The first kappa shape index (κ1) is 31.8. The average Bonchev–Trinajstić information content (AvgIpc) is 3.56. The highest BCUT2D eigenvalue weighted by Gasteiger charge is 2.51. The summed E-state index contributed by atoms with van der Waals surface area (Å²) >= 11 is 0. The summed E-state index contributed by atoms with van der Waals surface area (Å²) in [6.45, 7) is 4.76. The summed E-state index contributed by atoms with van der Waals surface area (Å²) in [7, 11) is 0. The number of aromatic nitrogens is 1. The van der Waals surface area contributed by atoms with Crippen LogP contribution in [0.5, 0.6) is 5.75 Å². The number of phenolic OH excluding ortho intramolecular Hbond substituents is 1. The molecule has 3 N–H and O–H groups in total. The van der Waals surface area contributed by atoms with Crippen molar-refractivity contribution < 1.29 is 19.5 Å². The molecule has 3 aliphatic heterocycles. The van der Waals surface area contributed by atoms with Crippen LogP contribution >= 0.6 is 0 Å². The van der Waals surface area contributed by atoms with E-state index >= 15 is 0 Å². The normalized spacial score (nSPS) is 20.7. The third-order valence-electron chi connectivity index (χ3n) is 9.28. The maximum atomic E-state index is 14.6. The number of piperazine rings is 1. The van der Waals surface area contributed by atoms with Crippen LogP contribution in [0.25, 0.3) is 10.9 Å². The number of hydrogen-bond acceptors (Lipinski definition) is 6. The smallest absolute Gasteiger partial charge is 0.334 e. The third-order valence-corrected chi connectivity index (χ3v) is 9.28. The van der Waals surface area contributed by atoms with Crippen LogP contribution in [0, 0.1) is 0 Å². The van der Waals surface area contributed by atoms with Crippen molar-refractivity contribution in [3.63, 3.8) is 0 Å². The second-order valence-electron chi connectivity index (χ2n) is 12.4. The first-order valence-corrected chi connectivity index (χ1v) is 16.4. The number of hydrogen-bond donors (Lipinski definition) is 3. The molecule has 49 heavy (non-hydrogen) atoms. The summed E-state index contributed by atoms with van der Waals surface area (Å²) in [5.41, 5.74) is 3.67. The van der Waals surface area contributed by atoms with Crippen molar-refractivity contribution in [3.8, 4) is 5.75 Å². The van der Waals surface area contributed by atoms with Crippen molar-refractivity contribution >= 4 is 28.7 Å². The van der Waals surface area contributed by atoms with E-state index in [2.05, 4.69) is 40.0 Å². The van der Waals surface area contributed by atoms with Gasteiger partial charge in [0.05, 0.1) is 18.6 Å². The van der Waals surface area contributed by atoms with Crippen molar-refractivity contribution in [2.75, 3.05) is 19.6 Å². The summed E-state index contributed by atoms with van der Waals surface area (Å²) in [6.07, 6.45) is 11.0. The molecular formula is C38H39N7O4. The Bertz CT molecular complexity index is 1920. The fourth-order valence-corrected chi connectivity index (χ4v) is 7.02. The van der Waals surface area contributed by atoms with E-state index in [1.54, 1.807) is 50.2 Å².